The fraction of sp³-hybridized carbons (Fsp3) is 0.952. The van der Waals surface area contributed by atoms with Crippen molar-refractivity contribution >= 4 is 5.97 Å². The van der Waals surface area contributed by atoms with Crippen LogP contribution in [0.15, 0.2) is 0 Å². The molecule has 0 aromatic rings. The van der Waals surface area contributed by atoms with Crippen molar-refractivity contribution in [3.63, 3.8) is 0 Å². The van der Waals surface area contributed by atoms with E-state index in [0.717, 1.165) is 24.2 Å². The van der Waals surface area contributed by atoms with E-state index in [0.29, 0.717) is 23.2 Å². The molecular weight excluding hydrogens is 284 g/mol. The molecule has 134 valence electrons. The van der Waals surface area contributed by atoms with Crippen LogP contribution in [-0.4, -0.2) is 13.1 Å². The second-order valence-electron chi connectivity index (χ2n) is 9.52. The molecule has 0 aliphatic heterocycles. The lowest BCUT2D eigenvalue weighted by atomic mass is 9.46. The fourth-order valence-electron chi connectivity index (χ4n) is 6.16. The predicted octanol–water partition coefficient (Wildman–Crippen LogP) is 5.84. The van der Waals surface area contributed by atoms with E-state index in [1.807, 2.05) is 0 Å². The highest BCUT2D eigenvalue weighted by Gasteiger charge is 2.53. The van der Waals surface area contributed by atoms with Crippen LogP contribution >= 0.6 is 0 Å². The molecule has 0 amide bonds. The maximum atomic E-state index is 11.5. The number of carbonyl (C=O) groups is 1. The molecule has 2 fully saturated rings. The molecule has 0 aromatic carbocycles. The van der Waals surface area contributed by atoms with Crippen LogP contribution in [0.5, 0.6) is 0 Å². The molecule has 2 heteroatoms. The van der Waals surface area contributed by atoms with Crippen LogP contribution < -0.4 is 0 Å². The van der Waals surface area contributed by atoms with Gasteiger partial charge in [-0.05, 0) is 66.6 Å². The molecule has 23 heavy (non-hydrogen) atoms. The van der Waals surface area contributed by atoms with E-state index in [1.54, 1.807) is 0 Å². The highest BCUT2D eigenvalue weighted by molar-refractivity contribution is 5.69. The molecule has 2 saturated carbocycles. The second kappa shape index (κ2) is 7.15. The molecule has 2 nitrogen and oxygen atoms in total. The zero-order valence-corrected chi connectivity index (χ0v) is 16.3. The summed E-state index contributed by atoms with van der Waals surface area (Å²) in [5, 5.41) is 0. The number of hydrogen-bond donors (Lipinski definition) is 0. The van der Waals surface area contributed by atoms with Crippen molar-refractivity contribution in [3.05, 3.63) is 0 Å². The van der Waals surface area contributed by atoms with Gasteiger partial charge in [-0.25, -0.2) is 0 Å². The van der Waals surface area contributed by atoms with Crippen molar-refractivity contribution in [2.75, 3.05) is 7.11 Å². The Morgan fingerprint density at radius 1 is 1.22 bits per heavy atom. The van der Waals surface area contributed by atoms with Gasteiger partial charge in [0.2, 0.25) is 0 Å². The summed E-state index contributed by atoms with van der Waals surface area (Å²) in [6.07, 6.45) is 10.0. The van der Waals surface area contributed by atoms with E-state index < -0.39 is 0 Å². The Kier molecular flexibility index (Phi) is 5.85. The normalized spacial score (nSPS) is 37.7. The monoisotopic (exact) mass is 322 g/mol. The predicted molar refractivity (Wildman–Crippen MR) is 96.1 cm³/mol. The van der Waals surface area contributed by atoms with Crippen molar-refractivity contribution in [3.8, 4) is 0 Å². The van der Waals surface area contributed by atoms with Gasteiger partial charge in [0.1, 0.15) is 0 Å². The summed E-state index contributed by atoms with van der Waals surface area (Å²) < 4.78 is 4.83. The summed E-state index contributed by atoms with van der Waals surface area (Å²) in [5.74, 6) is 2.91. The van der Waals surface area contributed by atoms with Crippen LogP contribution in [0.1, 0.15) is 86.0 Å². The van der Waals surface area contributed by atoms with Crippen molar-refractivity contribution in [1.82, 2.24) is 0 Å². The van der Waals surface area contributed by atoms with Crippen LogP contribution in [0.3, 0.4) is 0 Å². The average molecular weight is 323 g/mol. The van der Waals surface area contributed by atoms with E-state index in [1.165, 1.54) is 45.6 Å². The molecule has 0 saturated heterocycles. The van der Waals surface area contributed by atoms with Gasteiger partial charge in [-0.15, -0.1) is 0 Å². The standard InChI is InChI=1S/C21H38O2/c1-15(14-19(22)23-6)8-10-17-16(2)9-11-18-20(3,4)12-7-13-21(17,18)5/h15-18H,7-14H2,1-6H3/t15-,16-,17-,18-,21+/m1/s1. The highest BCUT2D eigenvalue weighted by Crippen LogP contribution is 2.62. The zero-order valence-electron chi connectivity index (χ0n) is 16.3. The maximum Gasteiger partial charge on any atom is 0.305 e. The van der Waals surface area contributed by atoms with Crippen molar-refractivity contribution < 1.29 is 9.53 Å². The van der Waals surface area contributed by atoms with Gasteiger partial charge in [0.15, 0.2) is 0 Å². The quantitative estimate of drug-likeness (QED) is 0.594. The number of carbonyl (C=O) groups excluding carboxylic acids is 1. The lowest BCUT2D eigenvalue weighted by molar-refractivity contribution is -0.141. The Bertz CT molecular complexity index is 414. The molecule has 5 atom stereocenters. The largest absolute Gasteiger partial charge is 0.469 e. The van der Waals surface area contributed by atoms with Crippen LogP contribution in [0.25, 0.3) is 0 Å². The van der Waals surface area contributed by atoms with Crippen LogP contribution in [0.4, 0.5) is 0 Å². The summed E-state index contributed by atoms with van der Waals surface area (Å²) in [5.41, 5.74) is 1.01. The second-order valence-corrected chi connectivity index (χ2v) is 9.52. The van der Waals surface area contributed by atoms with Crippen molar-refractivity contribution in [2.24, 2.45) is 34.5 Å². The molecule has 0 aromatic heterocycles. The SMILES string of the molecule is COC(=O)C[C@H](C)CC[C@@H]1[C@H](C)CC[C@@H]2C(C)(C)CCC[C@@]12C. The van der Waals surface area contributed by atoms with Gasteiger partial charge in [-0.1, -0.05) is 47.5 Å². The minimum atomic E-state index is -0.0583. The summed E-state index contributed by atoms with van der Waals surface area (Å²) in [6, 6.07) is 0. The topological polar surface area (TPSA) is 26.3 Å². The molecule has 2 rings (SSSR count). The smallest absolute Gasteiger partial charge is 0.305 e. The Morgan fingerprint density at radius 2 is 1.91 bits per heavy atom. The lowest BCUT2D eigenvalue weighted by Crippen LogP contribution is -2.51. The van der Waals surface area contributed by atoms with Crippen LogP contribution in [0, 0.1) is 34.5 Å². The van der Waals surface area contributed by atoms with E-state index in [4.69, 9.17) is 4.74 Å². The molecule has 0 bridgehead atoms. The number of fused-ring (bicyclic) bond motifs is 1. The molecule has 0 radical (unpaired) electrons. The summed E-state index contributed by atoms with van der Waals surface area (Å²) in [6.45, 7) is 12.3. The third kappa shape index (κ3) is 3.94. The van der Waals surface area contributed by atoms with E-state index in [2.05, 4.69) is 34.6 Å². The lowest BCUT2D eigenvalue weighted by Gasteiger charge is -2.59. The minimum absolute atomic E-state index is 0.0583. The third-order valence-corrected chi connectivity index (χ3v) is 7.43. The van der Waals surface area contributed by atoms with E-state index in [9.17, 15) is 4.79 Å². The Labute approximate surface area is 143 Å². The molecule has 2 aliphatic carbocycles. The van der Waals surface area contributed by atoms with Crippen molar-refractivity contribution in [2.45, 2.75) is 86.0 Å². The first kappa shape index (κ1) is 18.8. The summed E-state index contributed by atoms with van der Waals surface area (Å²) in [7, 11) is 1.49. The minimum Gasteiger partial charge on any atom is -0.469 e. The number of methoxy groups -OCH3 is 1. The molecule has 0 N–H and O–H groups in total. The van der Waals surface area contributed by atoms with Gasteiger partial charge in [0.05, 0.1) is 7.11 Å². The Morgan fingerprint density at radius 3 is 2.57 bits per heavy atom. The van der Waals surface area contributed by atoms with Gasteiger partial charge < -0.3 is 4.74 Å². The fourth-order valence-corrected chi connectivity index (χ4v) is 6.16. The molecule has 0 unspecified atom stereocenters. The van der Waals surface area contributed by atoms with Crippen LogP contribution in [0.2, 0.25) is 0 Å². The first-order chi connectivity index (χ1) is 10.7. The number of hydrogen-bond acceptors (Lipinski definition) is 2. The summed E-state index contributed by atoms with van der Waals surface area (Å²) >= 11 is 0. The van der Waals surface area contributed by atoms with Gasteiger partial charge in [0.25, 0.3) is 0 Å². The molecule has 0 heterocycles. The third-order valence-electron chi connectivity index (χ3n) is 7.43. The Hall–Kier alpha value is -0.530. The first-order valence-electron chi connectivity index (χ1n) is 9.77. The van der Waals surface area contributed by atoms with Crippen LogP contribution in [-0.2, 0) is 9.53 Å². The van der Waals surface area contributed by atoms with Gasteiger partial charge in [-0.3, -0.25) is 4.79 Å². The summed E-state index contributed by atoms with van der Waals surface area (Å²) in [4.78, 5) is 11.5. The van der Waals surface area contributed by atoms with Gasteiger partial charge in [-0.2, -0.15) is 0 Å². The number of esters is 1. The zero-order chi connectivity index (χ0) is 17.3. The Balaban J connectivity index is 2.05. The molecule has 0 spiro atoms. The van der Waals surface area contributed by atoms with E-state index >= 15 is 0 Å². The number of ether oxygens (including phenoxy) is 1. The van der Waals surface area contributed by atoms with Gasteiger partial charge in [0, 0.05) is 6.42 Å². The maximum absolute atomic E-state index is 11.5. The average Bonchev–Trinajstić information content (AvgIpc) is 2.45. The number of rotatable bonds is 5. The molecule has 2 aliphatic rings. The van der Waals surface area contributed by atoms with Crippen molar-refractivity contribution in [1.29, 1.82) is 0 Å². The molecular formula is C21H38O2. The van der Waals surface area contributed by atoms with Gasteiger partial charge >= 0.3 is 5.97 Å². The first-order valence-corrected chi connectivity index (χ1v) is 9.77. The highest BCUT2D eigenvalue weighted by atomic mass is 16.5. The van der Waals surface area contributed by atoms with E-state index in [-0.39, 0.29) is 5.97 Å².